The molecular formula is C33H29F2NO7. The molecule has 43 heavy (non-hydrogen) atoms. The first kappa shape index (κ1) is 29.5. The van der Waals surface area contributed by atoms with E-state index in [1.165, 1.54) is 22.9 Å². The van der Waals surface area contributed by atoms with Crippen molar-refractivity contribution in [3.05, 3.63) is 95.2 Å². The lowest BCUT2D eigenvalue weighted by atomic mass is 9.94. The summed E-state index contributed by atoms with van der Waals surface area (Å²) < 4.78 is 39.4. The van der Waals surface area contributed by atoms with E-state index in [1.54, 1.807) is 18.2 Å². The zero-order valence-corrected chi connectivity index (χ0v) is 23.1. The lowest BCUT2D eigenvalue weighted by Crippen LogP contribution is -2.25. The van der Waals surface area contributed by atoms with Crippen molar-refractivity contribution in [2.75, 3.05) is 13.2 Å². The van der Waals surface area contributed by atoms with Gasteiger partial charge in [-0.25, -0.2) is 4.39 Å². The van der Waals surface area contributed by atoms with Crippen LogP contribution < -0.4 is 9.47 Å². The quantitative estimate of drug-likeness (QED) is 0.0751. The highest BCUT2D eigenvalue weighted by Gasteiger charge is 2.57. The van der Waals surface area contributed by atoms with Gasteiger partial charge < -0.3 is 24.3 Å². The van der Waals surface area contributed by atoms with Crippen LogP contribution in [-0.2, 0) is 16.1 Å². The van der Waals surface area contributed by atoms with Crippen molar-refractivity contribution < 1.29 is 42.9 Å². The summed E-state index contributed by atoms with van der Waals surface area (Å²) in [7, 11) is 0. The molecule has 0 unspecified atom stereocenters. The number of fused-ring (bicyclic) bond motifs is 1. The Hall–Kier alpha value is -4.99. The van der Waals surface area contributed by atoms with Crippen LogP contribution in [0.1, 0.15) is 47.2 Å². The number of ether oxygens (including phenoxy) is 2. The van der Waals surface area contributed by atoms with E-state index in [1.807, 2.05) is 36.4 Å². The Morgan fingerprint density at radius 1 is 0.884 bits per heavy atom. The normalized spacial score (nSPS) is 13.7. The van der Waals surface area contributed by atoms with Gasteiger partial charge in [-0.1, -0.05) is 48.6 Å². The van der Waals surface area contributed by atoms with Gasteiger partial charge in [0.25, 0.3) is 0 Å². The van der Waals surface area contributed by atoms with Gasteiger partial charge in [-0.15, -0.1) is 0 Å². The molecule has 0 atom stereocenters. The highest BCUT2D eigenvalue weighted by molar-refractivity contribution is 6.20. The largest absolute Gasteiger partial charge is 0.494 e. The molecule has 4 aromatic rings. The molecule has 1 aromatic heterocycles. The summed E-state index contributed by atoms with van der Waals surface area (Å²) in [6.07, 6.45) is 6.88. The van der Waals surface area contributed by atoms with Crippen LogP contribution in [0.2, 0.25) is 0 Å². The van der Waals surface area contributed by atoms with Crippen molar-refractivity contribution >= 4 is 40.8 Å². The Balaban J connectivity index is 1.22. The fourth-order valence-corrected chi connectivity index (χ4v) is 4.93. The number of rotatable bonds is 14. The van der Waals surface area contributed by atoms with Gasteiger partial charge in [0.05, 0.1) is 18.7 Å². The smallest absolute Gasteiger partial charge is 0.323 e. The van der Waals surface area contributed by atoms with Crippen LogP contribution >= 0.6 is 0 Å². The van der Waals surface area contributed by atoms with Crippen molar-refractivity contribution in [3.8, 4) is 11.5 Å². The third-order valence-corrected chi connectivity index (χ3v) is 7.39. The summed E-state index contributed by atoms with van der Waals surface area (Å²) in [5, 5.41) is 19.6. The SMILES string of the molecule is O=C(O)Cn1cc(C(=O)C2(C(=O)O)CC2)c2cccc(C=Cc3ccc(OCCCCOc4cccc(F)c4F)cc3)c21. The number of aromatic nitrogens is 1. The van der Waals surface area contributed by atoms with Gasteiger partial charge in [0.15, 0.2) is 17.3 Å². The predicted molar refractivity (Wildman–Crippen MR) is 155 cm³/mol. The number of carboxylic acid groups (broad SMARTS) is 2. The highest BCUT2D eigenvalue weighted by Crippen LogP contribution is 2.49. The molecule has 1 heterocycles. The molecule has 1 saturated carbocycles. The van der Waals surface area contributed by atoms with Gasteiger partial charge in [-0.2, -0.15) is 4.39 Å². The fourth-order valence-electron chi connectivity index (χ4n) is 4.93. The van der Waals surface area contributed by atoms with E-state index in [9.17, 15) is 33.4 Å². The molecule has 1 aliphatic carbocycles. The van der Waals surface area contributed by atoms with Crippen molar-refractivity contribution in [2.24, 2.45) is 5.41 Å². The number of ketones is 1. The van der Waals surface area contributed by atoms with E-state index in [4.69, 9.17) is 9.47 Å². The molecule has 0 amide bonds. The van der Waals surface area contributed by atoms with E-state index < -0.39 is 34.8 Å². The van der Waals surface area contributed by atoms with Gasteiger partial charge in [-0.3, -0.25) is 14.4 Å². The Kier molecular flexibility index (Phi) is 8.56. The molecule has 2 N–H and O–H groups in total. The standard InChI is InChI=1S/C33H29F2NO7/c34-26-7-4-8-27(29(26)35)43-18-2-1-17-42-23-13-10-21(11-14-23)9-12-22-5-3-6-24-25(19-36(30(22)24)20-28(37)38)31(39)33(15-16-33)32(40)41/h3-14,19H,1-2,15-18,20H2,(H,37,38)(H,40,41). The first-order valence-corrected chi connectivity index (χ1v) is 13.8. The average Bonchev–Trinajstić information content (AvgIpc) is 3.73. The Labute approximate surface area is 245 Å². The van der Waals surface area contributed by atoms with Crippen LogP contribution in [0.25, 0.3) is 23.1 Å². The average molecular weight is 590 g/mol. The van der Waals surface area contributed by atoms with Gasteiger partial charge in [0.2, 0.25) is 5.82 Å². The number of carbonyl (C=O) groups excluding carboxylic acids is 1. The van der Waals surface area contributed by atoms with Crippen LogP contribution in [0, 0.1) is 17.0 Å². The number of aliphatic carboxylic acids is 2. The van der Waals surface area contributed by atoms with Crippen molar-refractivity contribution in [3.63, 3.8) is 0 Å². The third kappa shape index (κ3) is 6.43. The maximum atomic E-state index is 13.6. The fraction of sp³-hybridized carbons (Fsp3) is 0.242. The first-order chi connectivity index (χ1) is 20.7. The lowest BCUT2D eigenvalue weighted by molar-refractivity contribution is -0.141. The number of Topliss-reactive ketones (excluding diaryl/α,β-unsaturated/α-hetero) is 1. The topological polar surface area (TPSA) is 115 Å². The minimum Gasteiger partial charge on any atom is -0.494 e. The van der Waals surface area contributed by atoms with E-state index >= 15 is 0 Å². The number of carboxylic acids is 2. The Morgan fingerprint density at radius 3 is 2.26 bits per heavy atom. The second-order valence-corrected chi connectivity index (χ2v) is 10.4. The van der Waals surface area contributed by atoms with Gasteiger partial charge in [0, 0.05) is 17.1 Å². The monoisotopic (exact) mass is 589 g/mol. The molecule has 0 saturated heterocycles. The molecule has 8 nitrogen and oxygen atoms in total. The zero-order valence-electron chi connectivity index (χ0n) is 23.1. The second-order valence-electron chi connectivity index (χ2n) is 10.4. The van der Waals surface area contributed by atoms with Gasteiger partial charge >= 0.3 is 11.9 Å². The molecule has 0 spiro atoms. The molecule has 0 radical (unpaired) electrons. The molecule has 0 aliphatic heterocycles. The van der Waals surface area contributed by atoms with Crippen molar-refractivity contribution in [2.45, 2.75) is 32.2 Å². The summed E-state index contributed by atoms with van der Waals surface area (Å²) in [5.74, 6) is -4.16. The van der Waals surface area contributed by atoms with Crippen LogP contribution in [0.15, 0.2) is 66.9 Å². The van der Waals surface area contributed by atoms with Gasteiger partial charge in [0.1, 0.15) is 17.7 Å². The summed E-state index contributed by atoms with van der Waals surface area (Å²) in [6.45, 7) is 0.262. The maximum absolute atomic E-state index is 13.6. The van der Waals surface area contributed by atoms with E-state index in [0.717, 1.165) is 11.6 Å². The van der Waals surface area contributed by atoms with Crippen LogP contribution in [-0.4, -0.2) is 45.7 Å². The number of hydrogen-bond donors (Lipinski definition) is 2. The maximum Gasteiger partial charge on any atom is 0.323 e. The lowest BCUT2D eigenvalue weighted by Gasteiger charge is -2.09. The van der Waals surface area contributed by atoms with Crippen LogP contribution in [0.5, 0.6) is 11.5 Å². The van der Waals surface area contributed by atoms with Gasteiger partial charge in [-0.05, 0) is 61.1 Å². The van der Waals surface area contributed by atoms with E-state index in [-0.39, 0.29) is 37.3 Å². The molecular weight excluding hydrogens is 560 g/mol. The highest BCUT2D eigenvalue weighted by atomic mass is 19.2. The minimum absolute atomic E-state index is 0.116. The van der Waals surface area contributed by atoms with E-state index in [2.05, 4.69) is 0 Å². The third-order valence-electron chi connectivity index (χ3n) is 7.39. The number of unbranched alkanes of at least 4 members (excludes halogenated alkanes) is 1. The number of carbonyl (C=O) groups is 3. The van der Waals surface area contributed by atoms with Crippen LogP contribution in [0.4, 0.5) is 8.78 Å². The number of nitrogens with zero attached hydrogens (tertiary/aromatic N) is 1. The molecule has 1 aliphatic rings. The first-order valence-electron chi connectivity index (χ1n) is 13.8. The Morgan fingerprint density at radius 2 is 1.58 bits per heavy atom. The Bertz CT molecular complexity index is 1700. The predicted octanol–water partition coefficient (Wildman–Crippen LogP) is 6.46. The molecule has 10 heteroatoms. The molecule has 0 bridgehead atoms. The zero-order chi connectivity index (χ0) is 30.6. The van der Waals surface area contributed by atoms with Crippen LogP contribution in [0.3, 0.4) is 0 Å². The summed E-state index contributed by atoms with van der Waals surface area (Å²) >= 11 is 0. The summed E-state index contributed by atoms with van der Waals surface area (Å²) in [4.78, 5) is 36.6. The molecule has 1 fully saturated rings. The van der Waals surface area contributed by atoms with Crippen molar-refractivity contribution in [1.82, 2.24) is 4.57 Å². The number of para-hydroxylation sites is 1. The summed E-state index contributed by atoms with van der Waals surface area (Å²) in [5.41, 5.74) is 0.841. The number of benzene rings is 3. The summed E-state index contributed by atoms with van der Waals surface area (Å²) in [6, 6.07) is 16.4. The second kappa shape index (κ2) is 12.5. The number of halogens is 2. The molecule has 3 aromatic carbocycles. The van der Waals surface area contributed by atoms with Crippen molar-refractivity contribution in [1.29, 1.82) is 0 Å². The molecule has 5 rings (SSSR count). The molecule has 222 valence electrons. The minimum atomic E-state index is -1.44. The van der Waals surface area contributed by atoms with E-state index in [0.29, 0.717) is 41.7 Å². The number of hydrogen-bond acceptors (Lipinski definition) is 5.